The molecule has 0 aliphatic carbocycles. The van der Waals surface area contributed by atoms with Gasteiger partial charge in [0.1, 0.15) is 0 Å². The smallest absolute Gasteiger partial charge is 0.340 e. The first-order valence-electron chi connectivity index (χ1n) is 7.08. The van der Waals surface area contributed by atoms with Crippen molar-refractivity contribution in [2.45, 2.75) is 6.92 Å². The number of nitrogens with one attached hydrogen (secondary N) is 1. The largest absolute Gasteiger partial charge is 0.454 e. The van der Waals surface area contributed by atoms with Crippen molar-refractivity contribution in [1.82, 2.24) is 4.98 Å². The van der Waals surface area contributed by atoms with Crippen LogP contribution in [0.3, 0.4) is 0 Å². The van der Waals surface area contributed by atoms with Gasteiger partial charge in [-0.2, -0.15) is 0 Å². The summed E-state index contributed by atoms with van der Waals surface area (Å²) >= 11 is 3.38. The first-order chi connectivity index (χ1) is 11.0. The zero-order valence-corrected chi connectivity index (χ0v) is 14.0. The number of fused-ring (bicyclic) bond motifs is 1. The lowest BCUT2D eigenvalue weighted by atomic mass is 10.1. The van der Waals surface area contributed by atoms with Gasteiger partial charge in [-0.1, -0.05) is 45.8 Å². The number of benzene rings is 2. The Hall–Kier alpha value is -2.40. The summed E-state index contributed by atoms with van der Waals surface area (Å²) in [5.74, 6) is -0.741. The molecule has 0 unspecified atom stereocenters. The third-order valence-electron chi connectivity index (χ3n) is 3.57. The molecule has 0 saturated carbocycles. The number of aryl methyl sites for hydroxylation is 1. The zero-order valence-electron chi connectivity index (χ0n) is 12.4. The van der Waals surface area contributed by atoms with E-state index in [9.17, 15) is 9.59 Å². The van der Waals surface area contributed by atoms with Crippen molar-refractivity contribution in [3.05, 3.63) is 69.8 Å². The Bertz CT molecular complexity index is 881. The minimum atomic E-state index is -0.519. The number of esters is 1. The van der Waals surface area contributed by atoms with Crippen LogP contribution in [0.5, 0.6) is 0 Å². The van der Waals surface area contributed by atoms with Crippen LogP contribution in [0.15, 0.2) is 53.1 Å². The standard InChI is InChI=1S/C18H14BrNO3/c1-11-2-4-12(5-3-11)17(21)10-23-18(22)15-9-20-16-7-6-13(19)8-14(15)16/h2-9,20H,10H2,1H3. The van der Waals surface area contributed by atoms with Gasteiger partial charge in [0.2, 0.25) is 0 Å². The molecule has 0 radical (unpaired) electrons. The molecular formula is C18H14BrNO3. The SMILES string of the molecule is Cc1ccc(C(=O)COC(=O)c2c[nH]c3ccc(Br)cc23)cc1. The third kappa shape index (κ3) is 3.35. The summed E-state index contributed by atoms with van der Waals surface area (Å²) in [5, 5.41) is 0.757. The number of halogens is 1. The lowest BCUT2D eigenvalue weighted by molar-refractivity contribution is 0.0477. The molecule has 4 nitrogen and oxygen atoms in total. The Morgan fingerprint density at radius 2 is 1.87 bits per heavy atom. The molecular weight excluding hydrogens is 358 g/mol. The van der Waals surface area contributed by atoms with Crippen molar-refractivity contribution < 1.29 is 14.3 Å². The number of aromatic nitrogens is 1. The molecule has 0 aliphatic rings. The molecule has 0 atom stereocenters. The van der Waals surface area contributed by atoms with Crippen LogP contribution >= 0.6 is 15.9 Å². The van der Waals surface area contributed by atoms with Crippen LogP contribution in [0.25, 0.3) is 10.9 Å². The average molecular weight is 372 g/mol. The highest BCUT2D eigenvalue weighted by Crippen LogP contribution is 2.23. The van der Waals surface area contributed by atoms with Gasteiger partial charge >= 0.3 is 5.97 Å². The number of aromatic amines is 1. The lowest BCUT2D eigenvalue weighted by Gasteiger charge is -2.04. The van der Waals surface area contributed by atoms with Crippen molar-refractivity contribution >= 4 is 38.6 Å². The van der Waals surface area contributed by atoms with Crippen LogP contribution < -0.4 is 0 Å². The van der Waals surface area contributed by atoms with Crippen LogP contribution in [-0.4, -0.2) is 23.3 Å². The summed E-state index contributed by atoms with van der Waals surface area (Å²) in [4.78, 5) is 27.3. The van der Waals surface area contributed by atoms with Crippen molar-refractivity contribution in [3.8, 4) is 0 Å². The Morgan fingerprint density at radius 3 is 2.61 bits per heavy atom. The first kappa shape index (κ1) is 15.5. The van der Waals surface area contributed by atoms with Gasteiger partial charge in [0.25, 0.3) is 0 Å². The number of Topliss-reactive ketones (excluding diaryl/α,β-unsaturated/α-hetero) is 1. The van der Waals surface area contributed by atoms with Gasteiger partial charge < -0.3 is 9.72 Å². The van der Waals surface area contributed by atoms with Crippen LogP contribution in [0.4, 0.5) is 0 Å². The summed E-state index contributed by atoms with van der Waals surface area (Å²) < 4.78 is 6.03. The normalized spacial score (nSPS) is 10.7. The Balaban J connectivity index is 1.72. The highest BCUT2D eigenvalue weighted by atomic mass is 79.9. The van der Waals surface area contributed by atoms with E-state index in [2.05, 4.69) is 20.9 Å². The molecule has 3 aromatic rings. The fraction of sp³-hybridized carbons (Fsp3) is 0.111. The molecule has 116 valence electrons. The van der Waals surface area contributed by atoms with Crippen LogP contribution in [0.1, 0.15) is 26.3 Å². The summed E-state index contributed by atoms with van der Waals surface area (Å²) in [6.45, 7) is 1.67. The number of ether oxygens (including phenoxy) is 1. The maximum atomic E-state index is 12.2. The van der Waals surface area contributed by atoms with Gasteiger partial charge in [-0.3, -0.25) is 4.79 Å². The van der Waals surface area contributed by atoms with Crippen LogP contribution in [0.2, 0.25) is 0 Å². The van der Waals surface area contributed by atoms with Crippen LogP contribution in [-0.2, 0) is 4.74 Å². The first-order valence-corrected chi connectivity index (χ1v) is 7.87. The van der Waals surface area contributed by atoms with E-state index in [1.54, 1.807) is 18.3 Å². The summed E-state index contributed by atoms with van der Waals surface area (Å²) in [6.07, 6.45) is 1.59. The minimum absolute atomic E-state index is 0.223. The predicted octanol–water partition coefficient (Wildman–Crippen LogP) is 4.28. The molecule has 1 heterocycles. The molecule has 1 N–H and O–H groups in total. The van der Waals surface area contributed by atoms with Crippen molar-refractivity contribution in [3.63, 3.8) is 0 Å². The zero-order chi connectivity index (χ0) is 16.4. The number of ketones is 1. The second-order valence-corrected chi connectivity index (χ2v) is 6.17. The van der Waals surface area contributed by atoms with Gasteiger partial charge in [0, 0.05) is 27.1 Å². The van der Waals surface area contributed by atoms with E-state index in [1.165, 1.54) is 0 Å². The molecule has 0 spiro atoms. The summed E-state index contributed by atoms with van der Waals surface area (Å²) in [5.41, 5.74) is 2.86. The van der Waals surface area contributed by atoms with E-state index in [0.717, 1.165) is 20.9 Å². The predicted molar refractivity (Wildman–Crippen MR) is 91.8 cm³/mol. The fourth-order valence-corrected chi connectivity index (χ4v) is 2.65. The summed E-state index contributed by atoms with van der Waals surface area (Å²) in [7, 11) is 0. The Morgan fingerprint density at radius 1 is 1.13 bits per heavy atom. The highest BCUT2D eigenvalue weighted by Gasteiger charge is 2.16. The number of hydrogen-bond donors (Lipinski definition) is 1. The molecule has 23 heavy (non-hydrogen) atoms. The minimum Gasteiger partial charge on any atom is -0.454 e. The fourth-order valence-electron chi connectivity index (χ4n) is 2.29. The van der Waals surface area contributed by atoms with Gasteiger partial charge in [-0.15, -0.1) is 0 Å². The molecule has 3 rings (SSSR count). The van der Waals surface area contributed by atoms with Gasteiger partial charge in [0.15, 0.2) is 12.4 Å². The van der Waals surface area contributed by atoms with E-state index in [1.807, 2.05) is 37.3 Å². The molecule has 1 aromatic heterocycles. The maximum absolute atomic E-state index is 12.2. The topological polar surface area (TPSA) is 59.2 Å². The van der Waals surface area contributed by atoms with Crippen molar-refractivity contribution in [2.24, 2.45) is 0 Å². The average Bonchev–Trinajstić information content (AvgIpc) is 2.96. The Labute approximate surface area is 141 Å². The van der Waals surface area contributed by atoms with E-state index in [-0.39, 0.29) is 12.4 Å². The van der Waals surface area contributed by atoms with Gasteiger partial charge in [-0.05, 0) is 25.1 Å². The maximum Gasteiger partial charge on any atom is 0.340 e. The quantitative estimate of drug-likeness (QED) is 0.549. The molecule has 2 aromatic carbocycles. The number of carbonyl (C=O) groups is 2. The third-order valence-corrected chi connectivity index (χ3v) is 4.06. The van der Waals surface area contributed by atoms with E-state index in [4.69, 9.17) is 4.74 Å². The summed E-state index contributed by atoms with van der Waals surface area (Å²) in [6, 6.07) is 12.8. The molecule has 0 saturated heterocycles. The van der Waals surface area contributed by atoms with E-state index in [0.29, 0.717) is 11.1 Å². The van der Waals surface area contributed by atoms with Gasteiger partial charge in [-0.25, -0.2) is 4.79 Å². The van der Waals surface area contributed by atoms with Crippen molar-refractivity contribution in [1.29, 1.82) is 0 Å². The van der Waals surface area contributed by atoms with Crippen LogP contribution in [0, 0.1) is 6.92 Å². The highest BCUT2D eigenvalue weighted by molar-refractivity contribution is 9.10. The number of hydrogen-bond acceptors (Lipinski definition) is 3. The van der Waals surface area contributed by atoms with Gasteiger partial charge in [0.05, 0.1) is 5.56 Å². The molecule has 5 heteroatoms. The molecule has 0 amide bonds. The molecule has 0 fully saturated rings. The second-order valence-electron chi connectivity index (χ2n) is 5.26. The lowest BCUT2D eigenvalue weighted by Crippen LogP contribution is -2.14. The van der Waals surface area contributed by atoms with Crippen molar-refractivity contribution in [2.75, 3.05) is 6.61 Å². The number of H-pyrrole nitrogens is 1. The number of rotatable bonds is 4. The van der Waals surface area contributed by atoms with E-state index >= 15 is 0 Å². The molecule has 0 aliphatic heterocycles. The monoisotopic (exact) mass is 371 g/mol. The van der Waals surface area contributed by atoms with E-state index < -0.39 is 5.97 Å². The number of carbonyl (C=O) groups excluding carboxylic acids is 2. The molecule has 0 bridgehead atoms. The Kier molecular flexibility index (Phi) is 4.30. The second kappa shape index (κ2) is 6.38.